The van der Waals surface area contributed by atoms with E-state index in [0.717, 1.165) is 6.54 Å². The van der Waals surface area contributed by atoms with Crippen molar-refractivity contribution in [2.24, 2.45) is 0 Å². The fourth-order valence-electron chi connectivity index (χ4n) is 3.17. The number of nitrogens with one attached hydrogen (secondary N) is 4. The molecule has 1 aliphatic rings. The SMILES string of the molecule is C/C=C(C(=O)NCC(O)CNCC)/C(C)=C(/C=C1\C(=O)Nc2ccc(Cl)cc21)NC.CCO. The van der Waals surface area contributed by atoms with Gasteiger partial charge in [0, 0.05) is 54.3 Å². The van der Waals surface area contributed by atoms with E-state index in [-0.39, 0.29) is 25.0 Å². The third-order valence-electron chi connectivity index (χ3n) is 4.79. The third kappa shape index (κ3) is 8.33. The number of likely N-dealkylation sites (N-methyl/N-ethyl adjacent to an activating group) is 2. The van der Waals surface area contributed by atoms with Gasteiger partial charge in [-0.2, -0.15) is 0 Å². The van der Waals surface area contributed by atoms with Crippen molar-refractivity contribution >= 4 is 34.7 Å². The molecule has 0 radical (unpaired) electrons. The van der Waals surface area contributed by atoms with Gasteiger partial charge in [-0.05, 0) is 57.2 Å². The van der Waals surface area contributed by atoms with Gasteiger partial charge in [0.2, 0.25) is 0 Å². The van der Waals surface area contributed by atoms with Gasteiger partial charge in [0.15, 0.2) is 0 Å². The predicted molar refractivity (Wildman–Crippen MR) is 134 cm³/mol. The van der Waals surface area contributed by atoms with Crippen molar-refractivity contribution in [1.29, 1.82) is 0 Å². The number of aliphatic hydroxyl groups is 2. The normalized spacial score (nSPS) is 15.7. The Morgan fingerprint density at radius 1 is 1.27 bits per heavy atom. The molecule has 0 fully saturated rings. The Morgan fingerprint density at radius 2 is 1.94 bits per heavy atom. The van der Waals surface area contributed by atoms with Gasteiger partial charge in [-0.1, -0.05) is 24.6 Å². The highest BCUT2D eigenvalue weighted by Crippen LogP contribution is 2.34. The summed E-state index contributed by atoms with van der Waals surface area (Å²) in [5, 5.41) is 29.7. The van der Waals surface area contributed by atoms with Gasteiger partial charge in [0.1, 0.15) is 0 Å². The molecule has 0 saturated carbocycles. The number of benzene rings is 1. The van der Waals surface area contributed by atoms with E-state index in [4.69, 9.17) is 16.7 Å². The lowest BCUT2D eigenvalue weighted by atomic mass is 10.0. The molecule has 8 nitrogen and oxygen atoms in total. The zero-order valence-corrected chi connectivity index (χ0v) is 20.6. The molecule has 1 aromatic carbocycles. The Hall–Kier alpha value is -2.65. The van der Waals surface area contributed by atoms with Crippen LogP contribution in [0.2, 0.25) is 5.02 Å². The number of carbonyl (C=O) groups excluding carboxylic acids is 2. The third-order valence-corrected chi connectivity index (χ3v) is 5.03. The molecule has 1 unspecified atom stereocenters. The Labute approximate surface area is 200 Å². The molecule has 0 aliphatic carbocycles. The fourth-order valence-corrected chi connectivity index (χ4v) is 3.34. The summed E-state index contributed by atoms with van der Waals surface area (Å²) in [5.74, 6) is -0.526. The van der Waals surface area contributed by atoms with Crippen molar-refractivity contribution in [3.63, 3.8) is 0 Å². The number of allylic oxidation sites excluding steroid dienone is 2. The number of amides is 2. The van der Waals surface area contributed by atoms with Crippen LogP contribution in [-0.4, -0.2) is 61.4 Å². The number of carbonyl (C=O) groups is 2. The molecule has 0 aromatic heterocycles. The summed E-state index contributed by atoms with van der Waals surface area (Å²) in [6.45, 7) is 8.74. The van der Waals surface area contributed by atoms with Crippen molar-refractivity contribution in [3.8, 4) is 0 Å². The van der Waals surface area contributed by atoms with Gasteiger partial charge in [0.05, 0.1) is 11.7 Å². The average molecular weight is 479 g/mol. The number of anilines is 1. The van der Waals surface area contributed by atoms with Crippen molar-refractivity contribution in [1.82, 2.24) is 16.0 Å². The van der Waals surface area contributed by atoms with Crippen molar-refractivity contribution in [2.75, 3.05) is 38.6 Å². The van der Waals surface area contributed by atoms with Crippen molar-refractivity contribution in [3.05, 3.63) is 57.8 Å². The van der Waals surface area contributed by atoms with Crippen LogP contribution in [0.4, 0.5) is 5.69 Å². The van der Waals surface area contributed by atoms with Gasteiger partial charge in [0.25, 0.3) is 11.8 Å². The summed E-state index contributed by atoms with van der Waals surface area (Å²) < 4.78 is 0. The van der Waals surface area contributed by atoms with Gasteiger partial charge in [-0.25, -0.2) is 0 Å². The summed E-state index contributed by atoms with van der Waals surface area (Å²) in [5.41, 5.74) is 3.64. The highest BCUT2D eigenvalue weighted by molar-refractivity contribution is 6.34. The number of rotatable bonds is 9. The summed E-state index contributed by atoms with van der Waals surface area (Å²) in [6, 6.07) is 5.21. The van der Waals surface area contributed by atoms with E-state index < -0.39 is 6.10 Å². The molecule has 1 heterocycles. The second-order valence-corrected chi connectivity index (χ2v) is 7.62. The minimum atomic E-state index is -0.675. The molecule has 1 atom stereocenters. The van der Waals surface area contributed by atoms with Crippen LogP contribution in [0.1, 0.15) is 33.3 Å². The van der Waals surface area contributed by atoms with Crippen LogP contribution in [0.5, 0.6) is 0 Å². The molecule has 6 N–H and O–H groups in total. The lowest BCUT2D eigenvalue weighted by Crippen LogP contribution is -2.38. The zero-order chi connectivity index (χ0) is 25.0. The number of halogens is 1. The van der Waals surface area contributed by atoms with Crippen LogP contribution in [0.3, 0.4) is 0 Å². The van der Waals surface area contributed by atoms with Gasteiger partial charge < -0.3 is 31.5 Å². The highest BCUT2D eigenvalue weighted by atomic mass is 35.5. The monoisotopic (exact) mass is 478 g/mol. The van der Waals surface area contributed by atoms with E-state index in [0.29, 0.717) is 45.2 Å². The van der Waals surface area contributed by atoms with Gasteiger partial charge >= 0.3 is 0 Å². The molecule has 1 aliphatic heterocycles. The van der Waals surface area contributed by atoms with Gasteiger partial charge in [-0.3, -0.25) is 9.59 Å². The first-order chi connectivity index (χ1) is 15.7. The fraction of sp³-hybridized carbons (Fsp3) is 0.417. The first-order valence-corrected chi connectivity index (χ1v) is 11.3. The van der Waals surface area contributed by atoms with Gasteiger partial charge in [-0.15, -0.1) is 0 Å². The Balaban J connectivity index is 0.00000172. The second kappa shape index (κ2) is 14.5. The lowest BCUT2D eigenvalue weighted by Gasteiger charge is -2.15. The number of aliphatic hydroxyl groups excluding tert-OH is 2. The Bertz CT molecular complexity index is 925. The van der Waals surface area contributed by atoms with Crippen LogP contribution < -0.4 is 21.3 Å². The maximum Gasteiger partial charge on any atom is 0.256 e. The van der Waals surface area contributed by atoms with E-state index in [1.807, 2.05) is 6.92 Å². The van der Waals surface area contributed by atoms with Crippen molar-refractivity contribution < 1.29 is 19.8 Å². The van der Waals surface area contributed by atoms with E-state index in [2.05, 4.69) is 21.3 Å². The van der Waals surface area contributed by atoms with E-state index >= 15 is 0 Å². The Kier molecular flexibility index (Phi) is 12.5. The van der Waals surface area contributed by atoms with Crippen LogP contribution in [0, 0.1) is 0 Å². The number of fused-ring (bicyclic) bond motifs is 1. The molecule has 2 rings (SSSR count). The largest absolute Gasteiger partial charge is 0.397 e. The lowest BCUT2D eigenvalue weighted by molar-refractivity contribution is -0.117. The molecular formula is C24H35ClN4O4. The number of hydrogen-bond acceptors (Lipinski definition) is 6. The molecule has 0 bridgehead atoms. The maximum atomic E-state index is 12.7. The minimum Gasteiger partial charge on any atom is -0.397 e. The smallest absolute Gasteiger partial charge is 0.256 e. The average Bonchev–Trinajstić information content (AvgIpc) is 3.09. The predicted octanol–water partition coefficient (Wildman–Crippen LogP) is 2.20. The zero-order valence-electron chi connectivity index (χ0n) is 19.9. The number of hydrogen-bond donors (Lipinski definition) is 6. The highest BCUT2D eigenvalue weighted by Gasteiger charge is 2.25. The summed E-state index contributed by atoms with van der Waals surface area (Å²) in [7, 11) is 1.73. The summed E-state index contributed by atoms with van der Waals surface area (Å²) in [6.07, 6.45) is 2.74. The van der Waals surface area contributed by atoms with Crippen LogP contribution >= 0.6 is 11.6 Å². The summed E-state index contributed by atoms with van der Waals surface area (Å²) in [4.78, 5) is 25.1. The minimum absolute atomic E-state index is 0.140. The molecule has 9 heteroatoms. The topological polar surface area (TPSA) is 123 Å². The van der Waals surface area contributed by atoms with E-state index in [1.54, 1.807) is 58.2 Å². The molecule has 1 aromatic rings. The summed E-state index contributed by atoms with van der Waals surface area (Å²) >= 11 is 6.09. The molecule has 0 spiro atoms. The first-order valence-electron chi connectivity index (χ1n) is 10.9. The standard InChI is InChI=1S/C22H29ClN4O3.C2H6O/c1-5-16(21(29)26-12-15(28)11-25-6-2)13(3)20(24-4)10-18-17-9-14(23)7-8-19(17)27-22(18)30;1-2-3/h5,7-10,15,24-25,28H,6,11-12H2,1-4H3,(H,26,29)(H,27,30);3H,2H2,1H3/b16-5-,18-10-,20-13-;. The first kappa shape index (κ1) is 28.4. The van der Waals surface area contributed by atoms with Crippen molar-refractivity contribution in [2.45, 2.75) is 33.8 Å². The Morgan fingerprint density at radius 3 is 2.52 bits per heavy atom. The van der Waals surface area contributed by atoms with Crippen LogP contribution in [-0.2, 0) is 9.59 Å². The van der Waals surface area contributed by atoms with Crippen LogP contribution in [0.15, 0.2) is 47.2 Å². The molecule has 33 heavy (non-hydrogen) atoms. The van der Waals surface area contributed by atoms with Crippen LogP contribution in [0.25, 0.3) is 5.57 Å². The molecule has 2 amide bonds. The maximum absolute atomic E-state index is 12.7. The van der Waals surface area contributed by atoms with E-state index in [9.17, 15) is 14.7 Å². The molecule has 0 saturated heterocycles. The molecule has 182 valence electrons. The van der Waals surface area contributed by atoms with E-state index in [1.165, 1.54) is 0 Å². The molecular weight excluding hydrogens is 444 g/mol. The quantitative estimate of drug-likeness (QED) is 0.239. The second-order valence-electron chi connectivity index (χ2n) is 7.18.